The van der Waals surface area contributed by atoms with Gasteiger partial charge in [0.15, 0.2) is 0 Å². The van der Waals surface area contributed by atoms with Crippen LogP contribution in [0, 0.1) is 0 Å². The monoisotopic (exact) mass is 381 g/mol. The van der Waals surface area contributed by atoms with Gasteiger partial charge in [0.25, 0.3) is 11.2 Å². The molecule has 0 saturated carbocycles. The Morgan fingerprint density at radius 1 is 0.769 bits per heavy atom. The van der Waals surface area contributed by atoms with Crippen LogP contribution in [-0.4, -0.2) is 97.2 Å². The standard InChI is InChI=1S/C11H15N3O12/c1-14-10(12,5(19)20)8(25-2,3(15)16)9(4(17)18,26-7(23)24)11(14,13)6(21)22/h12-13H2,1-2H3,(H,15,16)(H,17,18)(H,19,20)(H,21,22)(H,23,24). The second-order valence-electron chi connectivity index (χ2n) is 5.25. The number of hydrogen-bond donors (Lipinski definition) is 7. The van der Waals surface area contributed by atoms with E-state index in [2.05, 4.69) is 9.47 Å². The Kier molecular flexibility index (Phi) is 4.66. The normalized spacial score (nSPS) is 37.1. The van der Waals surface area contributed by atoms with E-state index < -0.39 is 52.6 Å². The molecule has 4 atom stereocenters. The number of hydrogen-bond acceptors (Lipinski definition) is 10. The molecule has 4 unspecified atom stereocenters. The molecule has 0 aromatic heterocycles. The number of carbonyl (C=O) groups is 5. The van der Waals surface area contributed by atoms with Crippen LogP contribution in [0.3, 0.4) is 0 Å². The van der Waals surface area contributed by atoms with Crippen LogP contribution in [0.4, 0.5) is 4.79 Å². The lowest BCUT2D eigenvalue weighted by molar-refractivity contribution is -0.227. The maximum atomic E-state index is 12.0. The molecule has 146 valence electrons. The molecule has 1 rings (SSSR count). The third-order valence-electron chi connectivity index (χ3n) is 4.43. The molecule has 0 aromatic rings. The van der Waals surface area contributed by atoms with Gasteiger partial charge in [-0.3, -0.25) is 5.73 Å². The minimum Gasteiger partial charge on any atom is -0.479 e. The number of nitrogens with two attached hydrogens (primary N) is 2. The van der Waals surface area contributed by atoms with E-state index in [9.17, 15) is 44.4 Å². The zero-order chi connectivity index (χ0) is 20.9. The molecule has 0 spiro atoms. The van der Waals surface area contributed by atoms with Gasteiger partial charge in [0.1, 0.15) is 0 Å². The Hall–Kier alpha value is -3.01. The van der Waals surface area contributed by atoms with Gasteiger partial charge in [0.05, 0.1) is 0 Å². The fraction of sp³-hybridized carbons (Fsp3) is 0.545. The average Bonchev–Trinajstić information content (AvgIpc) is 2.63. The van der Waals surface area contributed by atoms with Crippen molar-refractivity contribution in [2.75, 3.05) is 14.2 Å². The fourth-order valence-corrected chi connectivity index (χ4v) is 3.21. The van der Waals surface area contributed by atoms with E-state index in [0.29, 0.717) is 14.2 Å². The second-order valence-corrected chi connectivity index (χ2v) is 5.25. The third-order valence-corrected chi connectivity index (χ3v) is 4.43. The van der Waals surface area contributed by atoms with Gasteiger partial charge in [-0.1, -0.05) is 0 Å². The van der Waals surface area contributed by atoms with Crippen molar-refractivity contribution in [3.63, 3.8) is 0 Å². The predicted octanol–water partition coefficient (Wildman–Crippen LogP) is -3.60. The molecule has 9 N–H and O–H groups in total. The van der Waals surface area contributed by atoms with Gasteiger partial charge in [-0.05, 0) is 7.05 Å². The van der Waals surface area contributed by atoms with Crippen molar-refractivity contribution in [2.45, 2.75) is 22.5 Å². The van der Waals surface area contributed by atoms with Gasteiger partial charge in [-0.2, -0.15) is 0 Å². The van der Waals surface area contributed by atoms with Gasteiger partial charge in [0.2, 0.25) is 11.3 Å². The molecule has 0 aliphatic carbocycles. The number of ether oxygens (including phenoxy) is 2. The van der Waals surface area contributed by atoms with Crippen LogP contribution in [0.15, 0.2) is 0 Å². The van der Waals surface area contributed by atoms with Crippen molar-refractivity contribution in [1.29, 1.82) is 0 Å². The summed E-state index contributed by atoms with van der Waals surface area (Å²) in [5.41, 5.74) is -3.84. The summed E-state index contributed by atoms with van der Waals surface area (Å²) in [7, 11) is 1.04. The van der Waals surface area contributed by atoms with Gasteiger partial charge in [-0.25, -0.2) is 28.9 Å². The summed E-state index contributed by atoms with van der Waals surface area (Å²) in [5.74, 6) is -9.64. The molecule has 1 aliphatic rings. The highest BCUT2D eigenvalue weighted by Crippen LogP contribution is 2.54. The summed E-state index contributed by atoms with van der Waals surface area (Å²) in [4.78, 5) is 58.5. The highest BCUT2D eigenvalue weighted by molar-refractivity contribution is 6.07. The molecule has 0 aromatic carbocycles. The topological polar surface area (TPSA) is 260 Å². The van der Waals surface area contributed by atoms with Crippen molar-refractivity contribution in [1.82, 2.24) is 4.90 Å². The Balaban J connectivity index is 4.33. The van der Waals surface area contributed by atoms with Crippen LogP contribution in [0.1, 0.15) is 0 Å². The predicted molar refractivity (Wildman–Crippen MR) is 73.7 cm³/mol. The second kappa shape index (κ2) is 5.77. The van der Waals surface area contributed by atoms with Gasteiger partial charge in [0, 0.05) is 7.11 Å². The van der Waals surface area contributed by atoms with E-state index in [1.54, 1.807) is 0 Å². The fourth-order valence-electron chi connectivity index (χ4n) is 3.21. The molecular weight excluding hydrogens is 366 g/mol. The SMILES string of the molecule is COC1(C(=O)O)C(N)(C(=O)O)N(C)C(N)(C(=O)O)C1(OC(=O)O)C(=O)O. The number of nitrogens with zero attached hydrogens (tertiary/aromatic N) is 1. The highest BCUT2D eigenvalue weighted by Gasteiger charge is 2.93. The minimum absolute atomic E-state index is 0.0562. The third kappa shape index (κ3) is 1.81. The molecule has 26 heavy (non-hydrogen) atoms. The molecule has 1 aliphatic heterocycles. The molecular formula is C11H15N3O12. The maximum Gasteiger partial charge on any atom is 0.507 e. The van der Waals surface area contributed by atoms with Gasteiger partial charge in [-0.15, -0.1) is 0 Å². The lowest BCUT2D eigenvalue weighted by Gasteiger charge is -2.42. The first-order valence-corrected chi connectivity index (χ1v) is 6.38. The summed E-state index contributed by atoms with van der Waals surface area (Å²) in [6, 6.07) is 0. The van der Waals surface area contributed by atoms with E-state index in [-0.39, 0.29) is 4.90 Å². The molecule has 0 bridgehead atoms. The maximum absolute atomic E-state index is 12.0. The van der Waals surface area contributed by atoms with Crippen LogP contribution in [-0.2, 0) is 28.7 Å². The Bertz CT molecular complexity index is 711. The number of rotatable bonds is 6. The van der Waals surface area contributed by atoms with E-state index in [1.807, 2.05) is 0 Å². The largest absolute Gasteiger partial charge is 0.507 e. The van der Waals surface area contributed by atoms with Crippen LogP contribution in [0.25, 0.3) is 0 Å². The smallest absolute Gasteiger partial charge is 0.479 e. The molecule has 0 radical (unpaired) electrons. The first kappa shape index (κ1) is 21.0. The summed E-state index contributed by atoms with van der Waals surface area (Å²) in [6.07, 6.45) is -2.48. The van der Waals surface area contributed by atoms with Crippen LogP contribution in [0.2, 0.25) is 0 Å². The zero-order valence-corrected chi connectivity index (χ0v) is 13.2. The molecule has 0 amide bonds. The summed E-state index contributed by atoms with van der Waals surface area (Å²) < 4.78 is 8.71. The molecule has 1 saturated heterocycles. The van der Waals surface area contributed by atoms with Crippen molar-refractivity contribution in [3.8, 4) is 0 Å². The number of methoxy groups -OCH3 is 1. The van der Waals surface area contributed by atoms with E-state index in [0.717, 1.165) is 0 Å². The minimum atomic E-state index is -4.04. The molecule has 1 heterocycles. The first-order valence-electron chi connectivity index (χ1n) is 6.38. The number of carboxylic acid groups (broad SMARTS) is 5. The summed E-state index contributed by atoms with van der Waals surface area (Å²) in [5, 5.41) is 47.0. The van der Waals surface area contributed by atoms with Crippen LogP contribution in [0.5, 0.6) is 0 Å². The Morgan fingerprint density at radius 2 is 1.12 bits per heavy atom. The lowest BCUT2D eigenvalue weighted by Crippen LogP contribution is -2.81. The van der Waals surface area contributed by atoms with Crippen molar-refractivity contribution >= 4 is 30.0 Å². The number of carboxylic acids is 4. The number of likely N-dealkylation sites (N-methyl/N-ethyl adjacent to an activating group) is 1. The molecule has 15 heteroatoms. The van der Waals surface area contributed by atoms with Crippen LogP contribution < -0.4 is 11.5 Å². The van der Waals surface area contributed by atoms with Crippen molar-refractivity contribution < 1.29 is 59.0 Å². The van der Waals surface area contributed by atoms with E-state index in [1.165, 1.54) is 0 Å². The van der Waals surface area contributed by atoms with Crippen LogP contribution >= 0.6 is 0 Å². The molecule has 1 fully saturated rings. The number of aliphatic carboxylic acids is 4. The quantitative estimate of drug-likeness (QED) is 0.219. The van der Waals surface area contributed by atoms with Crippen molar-refractivity contribution in [3.05, 3.63) is 0 Å². The highest BCUT2D eigenvalue weighted by atomic mass is 16.7. The van der Waals surface area contributed by atoms with Crippen molar-refractivity contribution in [2.24, 2.45) is 11.5 Å². The molecule has 15 nitrogen and oxygen atoms in total. The number of likely N-dealkylation sites (tertiary alicyclic amines) is 1. The Labute approximate surface area is 143 Å². The van der Waals surface area contributed by atoms with E-state index >= 15 is 0 Å². The Morgan fingerprint density at radius 3 is 1.35 bits per heavy atom. The van der Waals surface area contributed by atoms with Gasteiger partial charge >= 0.3 is 30.0 Å². The average molecular weight is 381 g/mol. The van der Waals surface area contributed by atoms with Gasteiger partial charge < -0.3 is 40.7 Å². The summed E-state index contributed by atoms with van der Waals surface area (Å²) in [6.45, 7) is 0. The zero-order valence-electron chi connectivity index (χ0n) is 13.2. The lowest BCUT2D eigenvalue weighted by atomic mass is 9.72. The first-order chi connectivity index (χ1) is 11.7. The summed E-state index contributed by atoms with van der Waals surface area (Å²) >= 11 is 0. The van der Waals surface area contributed by atoms with E-state index in [4.69, 9.17) is 16.6 Å².